The van der Waals surface area contributed by atoms with Gasteiger partial charge in [0, 0.05) is 26.6 Å². The lowest BCUT2D eigenvalue weighted by molar-refractivity contribution is -0.111. The number of halogens is 2. The van der Waals surface area contributed by atoms with Gasteiger partial charge in [0.15, 0.2) is 11.5 Å². The van der Waals surface area contributed by atoms with Crippen LogP contribution in [0.3, 0.4) is 0 Å². The van der Waals surface area contributed by atoms with Gasteiger partial charge in [0.2, 0.25) is 5.91 Å². The average molecular weight is 560 g/mol. The number of carbonyl (C=O) groups is 2. The van der Waals surface area contributed by atoms with Crippen molar-refractivity contribution < 1.29 is 23.8 Å². The molecule has 0 radical (unpaired) electrons. The number of methoxy groups -OCH3 is 1. The molecule has 1 heterocycles. The van der Waals surface area contributed by atoms with Crippen molar-refractivity contribution in [3.8, 4) is 11.5 Å². The molecule has 37 heavy (non-hydrogen) atoms. The van der Waals surface area contributed by atoms with Gasteiger partial charge in [-0.2, -0.15) is 0 Å². The summed E-state index contributed by atoms with van der Waals surface area (Å²) in [6, 6.07) is 10.6. The molecule has 0 aliphatic heterocycles. The molecule has 9 heteroatoms. The molecule has 3 aromatic rings. The molecule has 4 rings (SSSR count). The zero-order chi connectivity index (χ0) is 26.4. The van der Waals surface area contributed by atoms with E-state index in [0.717, 1.165) is 41.7 Å². The Balaban J connectivity index is 1.46. The smallest absolute Gasteiger partial charge is 0.341 e. The summed E-state index contributed by atoms with van der Waals surface area (Å²) < 4.78 is 16.6. The van der Waals surface area contributed by atoms with Crippen LogP contribution in [0.15, 0.2) is 42.5 Å². The number of aryl methyl sites for hydroxylation is 1. The van der Waals surface area contributed by atoms with Gasteiger partial charge in [-0.1, -0.05) is 35.3 Å². The zero-order valence-electron chi connectivity index (χ0n) is 20.6. The van der Waals surface area contributed by atoms with Crippen LogP contribution in [0.1, 0.15) is 51.7 Å². The first-order valence-corrected chi connectivity index (χ1v) is 13.5. The molecule has 0 saturated heterocycles. The van der Waals surface area contributed by atoms with E-state index in [9.17, 15) is 9.59 Å². The van der Waals surface area contributed by atoms with Crippen LogP contribution in [0.4, 0.5) is 5.00 Å². The normalized spacial score (nSPS) is 12.8. The number of amides is 1. The maximum absolute atomic E-state index is 12.8. The fraction of sp³-hybridized carbons (Fsp3) is 0.286. The van der Waals surface area contributed by atoms with E-state index >= 15 is 0 Å². The molecule has 1 aliphatic rings. The number of thiophene rings is 1. The summed E-state index contributed by atoms with van der Waals surface area (Å²) in [6.07, 6.45) is 6.93. The summed E-state index contributed by atoms with van der Waals surface area (Å²) in [6.45, 7) is 2.23. The van der Waals surface area contributed by atoms with Crippen LogP contribution in [0.5, 0.6) is 11.5 Å². The number of esters is 1. The molecular formula is C28H27Cl2NO5S. The van der Waals surface area contributed by atoms with Crippen LogP contribution >= 0.6 is 34.5 Å². The highest BCUT2D eigenvalue weighted by Crippen LogP contribution is 2.39. The number of hydrogen-bond acceptors (Lipinski definition) is 6. The predicted octanol–water partition coefficient (Wildman–Crippen LogP) is 7.35. The van der Waals surface area contributed by atoms with Crippen molar-refractivity contribution in [1.29, 1.82) is 0 Å². The first-order valence-electron chi connectivity index (χ1n) is 12.0. The number of carbonyl (C=O) groups excluding carboxylic acids is 2. The van der Waals surface area contributed by atoms with Crippen molar-refractivity contribution in [2.45, 2.75) is 39.2 Å². The SMILES string of the molecule is CCOC(=O)c1c(NC(=O)/C=C/c2ccc(OCc3c(Cl)cccc3Cl)c(OC)c2)sc2c1CCCC2. The molecule has 6 nitrogen and oxygen atoms in total. The predicted molar refractivity (Wildman–Crippen MR) is 148 cm³/mol. The summed E-state index contributed by atoms with van der Waals surface area (Å²) in [5, 5.41) is 4.46. The molecule has 0 fully saturated rings. The van der Waals surface area contributed by atoms with E-state index in [4.69, 9.17) is 37.4 Å². The first-order chi connectivity index (χ1) is 17.9. The Bertz CT molecular complexity index is 1310. The van der Waals surface area contributed by atoms with Crippen LogP contribution in [-0.2, 0) is 29.0 Å². The van der Waals surface area contributed by atoms with Crippen molar-refractivity contribution in [3.63, 3.8) is 0 Å². The third-order valence-corrected chi connectivity index (χ3v) is 7.85. The highest BCUT2D eigenvalue weighted by Gasteiger charge is 2.27. The molecule has 2 aromatic carbocycles. The second kappa shape index (κ2) is 12.5. The van der Waals surface area contributed by atoms with Crippen molar-refractivity contribution in [3.05, 3.63) is 79.7 Å². The fourth-order valence-electron chi connectivity index (χ4n) is 4.13. The Labute approximate surface area is 230 Å². The molecular weight excluding hydrogens is 533 g/mol. The van der Waals surface area contributed by atoms with E-state index in [0.29, 0.717) is 37.7 Å². The lowest BCUT2D eigenvalue weighted by atomic mass is 9.95. The maximum atomic E-state index is 12.8. The topological polar surface area (TPSA) is 73.9 Å². The number of anilines is 1. The Kier molecular flexibility index (Phi) is 9.14. The summed E-state index contributed by atoms with van der Waals surface area (Å²) in [7, 11) is 1.54. The van der Waals surface area contributed by atoms with Gasteiger partial charge >= 0.3 is 5.97 Å². The Morgan fingerprint density at radius 1 is 1.08 bits per heavy atom. The van der Waals surface area contributed by atoms with Crippen molar-refractivity contribution in [1.82, 2.24) is 0 Å². The second-order valence-corrected chi connectivity index (χ2v) is 10.3. The number of hydrogen-bond donors (Lipinski definition) is 1. The van der Waals surface area contributed by atoms with Crippen molar-refractivity contribution in [2.75, 3.05) is 19.0 Å². The molecule has 1 amide bonds. The highest BCUT2D eigenvalue weighted by atomic mass is 35.5. The fourth-order valence-corrected chi connectivity index (χ4v) is 5.91. The largest absolute Gasteiger partial charge is 0.493 e. The number of nitrogens with one attached hydrogen (secondary N) is 1. The lowest BCUT2D eigenvalue weighted by Gasteiger charge is -2.13. The van der Waals surface area contributed by atoms with Crippen LogP contribution in [0.25, 0.3) is 6.08 Å². The Hall–Kier alpha value is -3.00. The van der Waals surface area contributed by atoms with Gasteiger partial charge in [0.05, 0.1) is 19.3 Å². The van der Waals surface area contributed by atoms with Gasteiger partial charge in [-0.3, -0.25) is 4.79 Å². The van der Waals surface area contributed by atoms with E-state index in [1.54, 1.807) is 50.4 Å². The summed E-state index contributed by atoms with van der Waals surface area (Å²) in [4.78, 5) is 26.5. The van der Waals surface area contributed by atoms with Crippen LogP contribution in [0.2, 0.25) is 10.0 Å². The molecule has 0 unspecified atom stereocenters. The minimum atomic E-state index is -0.389. The lowest BCUT2D eigenvalue weighted by Crippen LogP contribution is -2.14. The molecule has 0 atom stereocenters. The van der Waals surface area contributed by atoms with E-state index < -0.39 is 0 Å². The van der Waals surface area contributed by atoms with Gasteiger partial charge in [-0.25, -0.2) is 4.79 Å². The third kappa shape index (κ3) is 6.47. The van der Waals surface area contributed by atoms with E-state index in [1.807, 2.05) is 6.07 Å². The van der Waals surface area contributed by atoms with Crippen LogP contribution < -0.4 is 14.8 Å². The molecule has 1 aliphatic carbocycles. The average Bonchev–Trinajstić information content (AvgIpc) is 3.25. The third-order valence-electron chi connectivity index (χ3n) is 5.94. The second-order valence-electron chi connectivity index (χ2n) is 8.36. The van der Waals surface area contributed by atoms with Crippen molar-refractivity contribution >= 4 is 57.5 Å². The standard InChI is InChI=1S/C28H27Cl2NO5S/c1-3-35-28(33)26-18-7-4-5-10-24(18)37-27(26)31-25(32)14-12-17-11-13-22(23(15-17)34-2)36-16-19-20(29)8-6-9-21(19)30/h6,8-9,11-15H,3-5,7,10,16H2,1-2H3,(H,31,32)/b14-12+. The monoisotopic (exact) mass is 559 g/mol. The van der Waals surface area contributed by atoms with Gasteiger partial charge in [0.25, 0.3) is 0 Å². The molecule has 0 saturated carbocycles. The van der Waals surface area contributed by atoms with E-state index in [2.05, 4.69) is 5.32 Å². The van der Waals surface area contributed by atoms with E-state index in [1.165, 1.54) is 17.4 Å². The van der Waals surface area contributed by atoms with Crippen molar-refractivity contribution in [2.24, 2.45) is 0 Å². The maximum Gasteiger partial charge on any atom is 0.341 e. The first kappa shape index (κ1) is 27.0. The van der Waals surface area contributed by atoms with Crippen LogP contribution in [0, 0.1) is 0 Å². The molecule has 1 aromatic heterocycles. The van der Waals surface area contributed by atoms with Crippen LogP contribution in [-0.4, -0.2) is 25.6 Å². The van der Waals surface area contributed by atoms with Gasteiger partial charge in [-0.05, 0) is 74.1 Å². The number of rotatable bonds is 9. The van der Waals surface area contributed by atoms with Gasteiger partial charge in [-0.15, -0.1) is 11.3 Å². The quantitative estimate of drug-likeness (QED) is 0.219. The molecule has 1 N–H and O–H groups in total. The Morgan fingerprint density at radius 2 is 1.84 bits per heavy atom. The number of ether oxygens (including phenoxy) is 3. The van der Waals surface area contributed by atoms with Gasteiger partial charge in [0.1, 0.15) is 11.6 Å². The zero-order valence-corrected chi connectivity index (χ0v) is 22.9. The van der Waals surface area contributed by atoms with Gasteiger partial charge < -0.3 is 19.5 Å². The molecule has 0 spiro atoms. The summed E-state index contributed by atoms with van der Waals surface area (Å²) in [5.74, 6) is 0.293. The number of fused-ring (bicyclic) bond motifs is 1. The summed E-state index contributed by atoms with van der Waals surface area (Å²) >= 11 is 13.9. The Morgan fingerprint density at radius 3 is 2.57 bits per heavy atom. The highest BCUT2D eigenvalue weighted by molar-refractivity contribution is 7.17. The number of benzene rings is 2. The minimum Gasteiger partial charge on any atom is -0.493 e. The van der Waals surface area contributed by atoms with E-state index in [-0.39, 0.29) is 25.1 Å². The molecule has 194 valence electrons. The minimum absolute atomic E-state index is 0.181. The molecule has 0 bridgehead atoms. The summed E-state index contributed by atoms with van der Waals surface area (Å²) in [5.41, 5.74) is 2.93.